The molecular formula is C16H25N5O2. The average molecular weight is 319 g/mol. The molecule has 0 aliphatic carbocycles. The summed E-state index contributed by atoms with van der Waals surface area (Å²) in [5.41, 5.74) is 6.93. The van der Waals surface area contributed by atoms with Gasteiger partial charge in [0.1, 0.15) is 6.54 Å². The molecule has 1 fully saturated rings. The van der Waals surface area contributed by atoms with E-state index in [2.05, 4.69) is 9.98 Å². The maximum Gasteiger partial charge on any atom is 0.244 e. The fraction of sp³-hybridized carbons (Fsp3) is 0.562. The van der Waals surface area contributed by atoms with Gasteiger partial charge in [-0.2, -0.15) is 0 Å². The van der Waals surface area contributed by atoms with Gasteiger partial charge >= 0.3 is 0 Å². The SMILES string of the molecule is CC1CN(C(N)=NCC(=O)N(C)CCc2ccccn2)CCO1. The number of likely N-dealkylation sites (N-methyl/N-ethyl adjacent to an activating group) is 1. The number of aromatic nitrogens is 1. The van der Waals surface area contributed by atoms with E-state index in [9.17, 15) is 4.79 Å². The number of hydrogen-bond acceptors (Lipinski definition) is 4. The van der Waals surface area contributed by atoms with E-state index in [0.717, 1.165) is 12.1 Å². The Hall–Kier alpha value is -2.15. The topological polar surface area (TPSA) is 84.0 Å². The third kappa shape index (κ3) is 5.52. The molecule has 1 aliphatic heterocycles. The van der Waals surface area contributed by atoms with Crippen molar-refractivity contribution in [3.8, 4) is 0 Å². The van der Waals surface area contributed by atoms with Gasteiger partial charge in [-0.1, -0.05) is 6.07 Å². The Labute approximate surface area is 137 Å². The molecule has 2 N–H and O–H groups in total. The summed E-state index contributed by atoms with van der Waals surface area (Å²) in [6.07, 6.45) is 2.61. The number of amides is 1. The maximum atomic E-state index is 12.1. The molecule has 0 bridgehead atoms. The van der Waals surface area contributed by atoms with Gasteiger partial charge in [-0.15, -0.1) is 0 Å². The molecule has 0 aromatic carbocycles. The summed E-state index contributed by atoms with van der Waals surface area (Å²) >= 11 is 0. The minimum absolute atomic E-state index is 0.0508. The van der Waals surface area contributed by atoms with Crippen molar-refractivity contribution < 1.29 is 9.53 Å². The van der Waals surface area contributed by atoms with E-state index >= 15 is 0 Å². The fourth-order valence-electron chi connectivity index (χ4n) is 2.35. The van der Waals surface area contributed by atoms with Crippen LogP contribution in [0.15, 0.2) is 29.4 Å². The first-order valence-corrected chi connectivity index (χ1v) is 7.86. The quantitative estimate of drug-likeness (QED) is 0.615. The summed E-state index contributed by atoms with van der Waals surface area (Å²) in [4.78, 5) is 24.2. The third-order valence-electron chi connectivity index (χ3n) is 3.80. The van der Waals surface area contributed by atoms with Gasteiger partial charge in [0.25, 0.3) is 0 Å². The van der Waals surface area contributed by atoms with E-state index in [-0.39, 0.29) is 18.6 Å². The van der Waals surface area contributed by atoms with Crippen LogP contribution in [-0.2, 0) is 16.0 Å². The predicted molar refractivity (Wildman–Crippen MR) is 89.1 cm³/mol. The Morgan fingerprint density at radius 2 is 2.39 bits per heavy atom. The summed E-state index contributed by atoms with van der Waals surface area (Å²) in [6, 6.07) is 5.77. The molecule has 2 rings (SSSR count). The number of pyridine rings is 1. The number of aliphatic imine (C=N–C) groups is 1. The fourth-order valence-corrected chi connectivity index (χ4v) is 2.35. The molecule has 0 saturated carbocycles. The molecule has 1 saturated heterocycles. The molecule has 7 nitrogen and oxygen atoms in total. The van der Waals surface area contributed by atoms with Crippen LogP contribution in [0, 0.1) is 0 Å². The number of morpholine rings is 1. The number of rotatable bonds is 5. The molecule has 1 unspecified atom stereocenters. The van der Waals surface area contributed by atoms with Crippen molar-refractivity contribution in [3.05, 3.63) is 30.1 Å². The lowest BCUT2D eigenvalue weighted by atomic mass is 10.2. The van der Waals surface area contributed by atoms with Crippen molar-refractivity contribution in [1.29, 1.82) is 0 Å². The van der Waals surface area contributed by atoms with Crippen LogP contribution in [0.2, 0.25) is 0 Å². The number of carbonyl (C=O) groups excluding carboxylic acids is 1. The predicted octanol–water partition coefficient (Wildman–Crippen LogP) is 0.118. The Balaban J connectivity index is 1.77. The van der Waals surface area contributed by atoms with E-state index < -0.39 is 0 Å². The molecule has 1 aromatic rings. The van der Waals surface area contributed by atoms with Crippen molar-refractivity contribution in [2.75, 3.05) is 39.8 Å². The highest BCUT2D eigenvalue weighted by Crippen LogP contribution is 2.04. The van der Waals surface area contributed by atoms with Crippen LogP contribution in [-0.4, -0.2) is 72.6 Å². The Morgan fingerprint density at radius 3 is 3.09 bits per heavy atom. The summed E-state index contributed by atoms with van der Waals surface area (Å²) in [5, 5.41) is 0. The molecule has 7 heteroatoms. The highest BCUT2D eigenvalue weighted by atomic mass is 16.5. The number of ether oxygens (including phenoxy) is 1. The zero-order chi connectivity index (χ0) is 16.7. The monoisotopic (exact) mass is 319 g/mol. The summed E-state index contributed by atoms with van der Waals surface area (Å²) < 4.78 is 5.46. The summed E-state index contributed by atoms with van der Waals surface area (Å²) in [7, 11) is 1.77. The smallest absolute Gasteiger partial charge is 0.244 e. The average Bonchev–Trinajstić information content (AvgIpc) is 2.58. The van der Waals surface area contributed by atoms with E-state index in [1.54, 1.807) is 18.1 Å². The van der Waals surface area contributed by atoms with Crippen LogP contribution >= 0.6 is 0 Å². The minimum atomic E-state index is -0.0508. The van der Waals surface area contributed by atoms with Crippen LogP contribution in [0.4, 0.5) is 0 Å². The third-order valence-corrected chi connectivity index (χ3v) is 3.80. The number of nitrogens with zero attached hydrogens (tertiary/aromatic N) is 4. The van der Waals surface area contributed by atoms with Gasteiger partial charge in [-0.25, -0.2) is 4.99 Å². The lowest BCUT2D eigenvalue weighted by Gasteiger charge is -2.31. The first kappa shape index (κ1) is 17.2. The van der Waals surface area contributed by atoms with E-state index in [0.29, 0.717) is 32.2 Å². The second-order valence-corrected chi connectivity index (χ2v) is 5.69. The van der Waals surface area contributed by atoms with Crippen LogP contribution in [0.5, 0.6) is 0 Å². The Bertz CT molecular complexity index is 535. The Morgan fingerprint density at radius 1 is 1.57 bits per heavy atom. The maximum absolute atomic E-state index is 12.1. The van der Waals surface area contributed by atoms with Gasteiger partial charge < -0.3 is 20.3 Å². The van der Waals surface area contributed by atoms with Gasteiger partial charge in [-0.3, -0.25) is 9.78 Å². The van der Waals surface area contributed by atoms with Crippen molar-refractivity contribution in [2.45, 2.75) is 19.4 Å². The molecule has 2 heterocycles. The first-order chi connectivity index (χ1) is 11.1. The van der Waals surface area contributed by atoms with Gasteiger partial charge in [0.2, 0.25) is 5.91 Å². The van der Waals surface area contributed by atoms with Gasteiger partial charge in [0.15, 0.2) is 5.96 Å². The minimum Gasteiger partial charge on any atom is -0.375 e. The van der Waals surface area contributed by atoms with Crippen molar-refractivity contribution in [1.82, 2.24) is 14.8 Å². The van der Waals surface area contributed by atoms with Crippen LogP contribution in [0.25, 0.3) is 0 Å². The van der Waals surface area contributed by atoms with Crippen LogP contribution in [0.1, 0.15) is 12.6 Å². The number of guanidine groups is 1. The lowest BCUT2D eigenvalue weighted by molar-refractivity contribution is -0.128. The molecule has 1 aromatic heterocycles. The van der Waals surface area contributed by atoms with Crippen molar-refractivity contribution in [3.63, 3.8) is 0 Å². The lowest BCUT2D eigenvalue weighted by Crippen LogP contribution is -2.48. The molecule has 126 valence electrons. The first-order valence-electron chi connectivity index (χ1n) is 7.86. The highest BCUT2D eigenvalue weighted by molar-refractivity contribution is 5.84. The van der Waals surface area contributed by atoms with E-state index in [1.807, 2.05) is 30.0 Å². The number of nitrogens with two attached hydrogens (primary N) is 1. The molecule has 0 radical (unpaired) electrons. The van der Waals surface area contributed by atoms with E-state index in [1.165, 1.54) is 0 Å². The molecule has 1 amide bonds. The van der Waals surface area contributed by atoms with Gasteiger partial charge in [0.05, 0.1) is 12.7 Å². The zero-order valence-electron chi connectivity index (χ0n) is 13.8. The molecular weight excluding hydrogens is 294 g/mol. The van der Waals surface area contributed by atoms with E-state index in [4.69, 9.17) is 10.5 Å². The summed E-state index contributed by atoms with van der Waals surface area (Å²) in [6.45, 7) is 4.73. The molecule has 1 atom stereocenters. The number of hydrogen-bond donors (Lipinski definition) is 1. The Kier molecular flexibility index (Phi) is 6.34. The highest BCUT2D eigenvalue weighted by Gasteiger charge is 2.18. The van der Waals surface area contributed by atoms with Crippen LogP contribution < -0.4 is 5.73 Å². The van der Waals surface area contributed by atoms with Gasteiger partial charge in [0, 0.05) is 45.0 Å². The van der Waals surface area contributed by atoms with Crippen molar-refractivity contribution in [2.24, 2.45) is 10.7 Å². The molecule has 23 heavy (non-hydrogen) atoms. The van der Waals surface area contributed by atoms with Crippen LogP contribution in [0.3, 0.4) is 0 Å². The second-order valence-electron chi connectivity index (χ2n) is 5.69. The van der Waals surface area contributed by atoms with Gasteiger partial charge in [-0.05, 0) is 19.1 Å². The second kappa shape index (κ2) is 8.47. The number of carbonyl (C=O) groups is 1. The molecule has 0 spiro atoms. The molecule has 1 aliphatic rings. The van der Waals surface area contributed by atoms with Crippen molar-refractivity contribution >= 4 is 11.9 Å². The largest absolute Gasteiger partial charge is 0.375 e. The standard InChI is InChI=1S/C16H25N5O2/c1-13-12-21(9-10-23-13)16(17)19-11-15(22)20(2)8-6-14-5-3-4-7-18-14/h3-5,7,13H,6,8-12H2,1-2H3,(H2,17,19). The normalized spacial score (nSPS) is 18.8. The zero-order valence-corrected chi connectivity index (χ0v) is 13.8. The summed E-state index contributed by atoms with van der Waals surface area (Å²) in [5.74, 6) is 0.358.